The molecule has 2 fully saturated rings. The smallest absolute Gasteiger partial charge is 0.338 e. The number of ether oxygens (including phenoxy) is 6. The Morgan fingerprint density at radius 2 is 1.39 bits per heavy atom. The lowest BCUT2D eigenvalue weighted by molar-refractivity contribution is -0.378. The molecule has 0 bridgehead atoms. The van der Waals surface area contributed by atoms with E-state index in [-0.39, 0.29) is 6.61 Å². The van der Waals surface area contributed by atoms with Crippen molar-refractivity contribution in [2.24, 2.45) is 0 Å². The Morgan fingerprint density at radius 1 is 0.889 bits per heavy atom. The fraction of sp³-hybridized carbons (Fsp3) is 0.357. The highest BCUT2D eigenvalue weighted by Crippen LogP contribution is 2.36. The van der Waals surface area contributed by atoms with E-state index in [9.17, 15) is 9.59 Å². The van der Waals surface area contributed by atoms with Gasteiger partial charge in [0.2, 0.25) is 0 Å². The second-order valence-corrected chi connectivity index (χ2v) is 8.96. The van der Waals surface area contributed by atoms with Crippen LogP contribution in [0.2, 0.25) is 0 Å². The van der Waals surface area contributed by atoms with E-state index in [0.29, 0.717) is 11.1 Å². The summed E-state index contributed by atoms with van der Waals surface area (Å²) in [5.74, 6) is -2.19. The van der Waals surface area contributed by atoms with E-state index in [1.54, 1.807) is 74.5 Å². The molecule has 36 heavy (non-hydrogen) atoms. The van der Waals surface area contributed by atoms with Crippen LogP contribution < -0.4 is 0 Å². The average Bonchev–Trinajstić information content (AvgIpc) is 2.89. The van der Waals surface area contributed by atoms with Crippen molar-refractivity contribution in [3.63, 3.8) is 0 Å². The second-order valence-electron chi connectivity index (χ2n) is 8.96. The summed E-state index contributed by atoms with van der Waals surface area (Å²) in [6, 6.07) is 13.5. The molecule has 0 spiro atoms. The van der Waals surface area contributed by atoms with Crippen LogP contribution in [0.15, 0.2) is 61.7 Å². The predicted molar refractivity (Wildman–Crippen MR) is 132 cm³/mol. The largest absolute Gasteiger partial charge is 0.452 e. The first-order chi connectivity index (χ1) is 17.2. The van der Waals surface area contributed by atoms with Gasteiger partial charge in [-0.05, 0) is 49.2 Å². The summed E-state index contributed by atoms with van der Waals surface area (Å²) < 4.78 is 35.1. The van der Waals surface area contributed by atoms with Gasteiger partial charge in [0.05, 0.1) is 17.7 Å². The van der Waals surface area contributed by atoms with Crippen molar-refractivity contribution >= 4 is 24.1 Å². The van der Waals surface area contributed by atoms with Gasteiger partial charge in [-0.2, -0.15) is 0 Å². The quantitative estimate of drug-likeness (QED) is 0.528. The molecule has 2 aliphatic rings. The van der Waals surface area contributed by atoms with Crippen molar-refractivity contribution in [1.29, 1.82) is 0 Å². The third-order valence-corrected chi connectivity index (χ3v) is 6.09. The monoisotopic (exact) mass is 494 g/mol. The summed E-state index contributed by atoms with van der Waals surface area (Å²) >= 11 is 0. The van der Waals surface area contributed by atoms with E-state index < -0.39 is 48.4 Å². The minimum absolute atomic E-state index is 0.184. The molecule has 0 amide bonds. The van der Waals surface area contributed by atoms with Crippen molar-refractivity contribution in [2.75, 3.05) is 13.7 Å². The normalized spacial score (nSPS) is 26.8. The van der Waals surface area contributed by atoms with Crippen molar-refractivity contribution in [3.05, 3.63) is 83.9 Å². The molecular weight excluding hydrogens is 464 g/mol. The molecule has 0 unspecified atom stereocenters. The van der Waals surface area contributed by atoms with Crippen LogP contribution in [-0.4, -0.2) is 62.1 Å². The number of esters is 2. The van der Waals surface area contributed by atoms with Gasteiger partial charge in [0.1, 0.15) is 12.2 Å². The molecule has 2 aromatic carbocycles. The molecule has 0 N–H and O–H groups in total. The molecule has 2 heterocycles. The number of carbonyl (C=O) groups excluding carboxylic acids is 2. The Bertz CT molecular complexity index is 1110. The Kier molecular flexibility index (Phi) is 7.70. The van der Waals surface area contributed by atoms with Crippen LogP contribution in [0.5, 0.6) is 0 Å². The van der Waals surface area contributed by atoms with E-state index in [1.807, 2.05) is 0 Å². The van der Waals surface area contributed by atoms with Gasteiger partial charge in [-0.3, -0.25) is 0 Å². The molecule has 2 aliphatic heterocycles. The number of hydrogen-bond acceptors (Lipinski definition) is 8. The first kappa shape index (κ1) is 25.8. The molecule has 0 aliphatic carbocycles. The van der Waals surface area contributed by atoms with E-state index >= 15 is 0 Å². The summed E-state index contributed by atoms with van der Waals surface area (Å²) in [4.78, 5) is 26.2. The first-order valence-corrected chi connectivity index (χ1v) is 11.6. The minimum atomic E-state index is -1.10. The molecule has 8 heteroatoms. The maximum atomic E-state index is 13.1. The average molecular weight is 495 g/mol. The number of methoxy groups -OCH3 is 1. The van der Waals surface area contributed by atoms with Crippen molar-refractivity contribution in [3.8, 4) is 0 Å². The van der Waals surface area contributed by atoms with E-state index in [2.05, 4.69) is 13.2 Å². The van der Waals surface area contributed by atoms with Gasteiger partial charge in [-0.25, -0.2) is 9.59 Å². The van der Waals surface area contributed by atoms with Gasteiger partial charge >= 0.3 is 11.9 Å². The number of benzene rings is 2. The Labute approximate surface area is 210 Å². The maximum Gasteiger partial charge on any atom is 0.338 e. The standard InChI is InChI=1S/C28H30O8/c1-6-17-8-12-19(13-9-17)25(29)34-23-22-21(16-32-28(3,4)36-22)33-27(31-5)24(23)35-26(30)20-14-10-18(7-2)11-15-20/h6-15,21-24,27H,1-2,16H2,3-5H3/t21-,22-,23+,24+,27+/m1/s1. The van der Waals surface area contributed by atoms with Gasteiger partial charge in [0.25, 0.3) is 0 Å². The lowest BCUT2D eigenvalue weighted by atomic mass is 9.96. The Hall–Kier alpha value is -3.30. The lowest BCUT2D eigenvalue weighted by Gasteiger charge is -2.49. The highest BCUT2D eigenvalue weighted by molar-refractivity contribution is 5.90. The van der Waals surface area contributed by atoms with Crippen LogP contribution >= 0.6 is 0 Å². The third kappa shape index (κ3) is 5.57. The fourth-order valence-electron chi connectivity index (χ4n) is 4.14. The predicted octanol–water partition coefficient (Wildman–Crippen LogP) is 4.25. The van der Waals surface area contributed by atoms with Crippen LogP contribution in [0.3, 0.4) is 0 Å². The van der Waals surface area contributed by atoms with Crippen LogP contribution in [0.1, 0.15) is 45.7 Å². The van der Waals surface area contributed by atoms with Crippen LogP contribution in [0, 0.1) is 0 Å². The van der Waals surface area contributed by atoms with Gasteiger partial charge in [0, 0.05) is 7.11 Å². The van der Waals surface area contributed by atoms with Crippen molar-refractivity contribution in [1.82, 2.24) is 0 Å². The number of fused-ring (bicyclic) bond motifs is 1. The Morgan fingerprint density at radius 3 is 1.86 bits per heavy atom. The van der Waals surface area contributed by atoms with Crippen LogP contribution in [-0.2, 0) is 28.4 Å². The molecule has 5 atom stereocenters. The summed E-state index contributed by atoms with van der Waals surface area (Å²) in [5.41, 5.74) is 2.36. The molecule has 2 aromatic rings. The van der Waals surface area contributed by atoms with E-state index in [1.165, 1.54) is 7.11 Å². The van der Waals surface area contributed by atoms with E-state index in [4.69, 9.17) is 28.4 Å². The number of carbonyl (C=O) groups is 2. The number of rotatable bonds is 7. The molecule has 190 valence electrons. The topological polar surface area (TPSA) is 89.5 Å². The SMILES string of the molecule is C=Cc1ccc(C(=O)O[C@@H]2[C@H](OC(=O)c3ccc(C=C)cc3)[C@@H](OC)O[C@@H]3COC(C)(C)O[C@@H]23)cc1. The second kappa shape index (κ2) is 10.8. The van der Waals surface area contributed by atoms with Crippen molar-refractivity contribution in [2.45, 2.75) is 50.3 Å². The first-order valence-electron chi connectivity index (χ1n) is 11.6. The molecular formula is C28H30O8. The molecule has 0 aromatic heterocycles. The summed E-state index contributed by atoms with van der Waals surface area (Å²) in [7, 11) is 1.42. The zero-order valence-corrected chi connectivity index (χ0v) is 20.5. The fourth-order valence-corrected chi connectivity index (χ4v) is 4.14. The van der Waals surface area contributed by atoms with Gasteiger partial charge < -0.3 is 28.4 Å². The van der Waals surface area contributed by atoms with Crippen LogP contribution in [0.25, 0.3) is 12.2 Å². The molecule has 8 nitrogen and oxygen atoms in total. The maximum absolute atomic E-state index is 13.1. The van der Waals surface area contributed by atoms with Gasteiger partial charge in [-0.1, -0.05) is 49.6 Å². The number of hydrogen-bond donors (Lipinski definition) is 0. The third-order valence-electron chi connectivity index (χ3n) is 6.09. The Balaban J connectivity index is 1.63. The molecule has 2 saturated heterocycles. The highest BCUT2D eigenvalue weighted by atomic mass is 16.8. The molecule has 0 saturated carbocycles. The molecule has 4 rings (SSSR count). The van der Waals surface area contributed by atoms with E-state index in [0.717, 1.165) is 11.1 Å². The molecule has 0 radical (unpaired) electrons. The summed E-state index contributed by atoms with van der Waals surface area (Å²) in [5, 5.41) is 0. The zero-order chi connectivity index (χ0) is 25.9. The minimum Gasteiger partial charge on any atom is -0.452 e. The summed E-state index contributed by atoms with van der Waals surface area (Å²) in [6.07, 6.45) is -1.17. The van der Waals surface area contributed by atoms with Crippen molar-refractivity contribution < 1.29 is 38.0 Å². The van der Waals surface area contributed by atoms with Gasteiger partial charge in [-0.15, -0.1) is 0 Å². The van der Waals surface area contributed by atoms with Crippen LogP contribution in [0.4, 0.5) is 0 Å². The van der Waals surface area contributed by atoms with Gasteiger partial charge in [0.15, 0.2) is 24.3 Å². The zero-order valence-electron chi connectivity index (χ0n) is 20.5. The highest BCUT2D eigenvalue weighted by Gasteiger charge is 2.55. The lowest BCUT2D eigenvalue weighted by Crippen LogP contribution is -2.66. The summed E-state index contributed by atoms with van der Waals surface area (Å²) in [6.45, 7) is 11.1.